The molecular formula is C20H27N3O3. The van der Waals surface area contributed by atoms with Crippen molar-refractivity contribution >= 4 is 23.7 Å². The minimum Gasteiger partial charge on any atom is -0.482 e. The third-order valence-electron chi connectivity index (χ3n) is 4.11. The smallest absolute Gasteiger partial charge is 0.265 e. The lowest BCUT2D eigenvalue weighted by Crippen LogP contribution is -2.44. The second-order valence-corrected chi connectivity index (χ2v) is 6.78. The van der Waals surface area contributed by atoms with Crippen LogP contribution in [0.4, 0.5) is 5.69 Å². The van der Waals surface area contributed by atoms with E-state index in [0.29, 0.717) is 17.4 Å². The summed E-state index contributed by atoms with van der Waals surface area (Å²) in [7, 11) is 0. The molecule has 6 heteroatoms. The van der Waals surface area contributed by atoms with E-state index in [-0.39, 0.29) is 25.0 Å². The maximum Gasteiger partial charge on any atom is 0.265 e. The first-order valence-corrected chi connectivity index (χ1v) is 8.93. The molecule has 6 nitrogen and oxygen atoms in total. The van der Waals surface area contributed by atoms with Gasteiger partial charge in [-0.05, 0) is 51.2 Å². The van der Waals surface area contributed by atoms with Crippen LogP contribution in [0.2, 0.25) is 0 Å². The molecule has 0 bridgehead atoms. The Bertz CT molecular complexity index is 693. The normalized spacial score (nSPS) is 14.6. The van der Waals surface area contributed by atoms with E-state index in [4.69, 9.17) is 4.74 Å². The zero-order valence-electron chi connectivity index (χ0n) is 15.7. The molecular weight excluding hydrogens is 330 g/mol. The van der Waals surface area contributed by atoms with Gasteiger partial charge < -0.3 is 4.74 Å². The standard InChI is InChI=1S/C20H27N3O3/c1-15(2)7-6-8-16(3)11-12-21-22-19(24)13-23-17-9-4-5-10-18(17)26-14-20(23)25/h4-5,7,9-10,12,16H,6,8,11,13-14H2,1-3H3,(H,22,24)/b21-12-/t16-/m0/s1. The molecule has 0 unspecified atom stereocenters. The van der Waals surface area contributed by atoms with Crippen molar-refractivity contribution < 1.29 is 14.3 Å². The van der Waals surface area contributed by atoms with E-state index < -0.39 is 0 Å². The molecule has 0 fully saturated rings. The molecule has 1 atom stereocenters. The van der Waals surface area contributed by atoms with E-state index in [0.717, 1.165) is 19.3 Å². The number of amides is 2. The second kappa shape index (κ2) is 9.75. The number of para-hydroxylation sites is 2. The number of fused-ring (bicyclic) bond motifs is 1. The average molecular weight is 357 g/mol. The van der Waals surface area contributed by atoms with Crippen molar-refractivity contribution in [2.45, 2.75) is 40.0 Å². The molecule has 1 heterocycles. The number of nitrogens with one attached hydrogen (secondary N) is 1. The molecule has 26 heavy (non-hydrogen) atoms. The van der Waals surface area contributed by atoms with E-state index in [2.05, 4.69) is 37.4 Å². The molecule has 0 aliphatic carbocycles. The van der Waals surface area contributed by atoms with Gasteiger partial charge in [0, 0.05) is 6.21 Å². The Balaban J connectivity index is 1.78. The highest BCUT2D eigenvalue weighted by molar-refractivity contribution is 6.02. The molecule has 1 aromatic rings. The van der Waals surface area contributed by atoms with Crippen LogP contribution >= 0.6 is 0 Å². The number of benzene rings is 1. The van der Waals surface area contributed by atoms with Crippen molar-refractivity contribution in [2.24, 2.45) is 11.0 Å². The number of hydrogen-bond donors (Lipinski definition) is 1. The van der Waals surface area contributed by atoms with Gasteiger partial charge in [0.15, 0.2) is 6.61 Å². The van der Waals surface area contributed by atoms with Crippen molar-refractivity contribution in [3.63, 3.8) is 0 Å². The highest BCUT2D eigenvalue weighted by Crippen LogP contribution is 2.31. The van der Waals surface area contributed by atoms with Gasteiger partial charge in [0.05, 0.1) is 5.69 Å². The zero-order chi connectivity index (χ0) is 18.9. The molecule has 0 saturated heterocycles. The summed E-state index contributed by atoms with van der Waals surface area (Å²) in [6, 6.07) is 7.18. The molecule has 0 saturated carbocycles. The van der Waals surface area contributed by atoms with Gasteiger partial charge in [-0.3, -0.25) is 14.5 Å². The summed E-state index contributed by atoms with van der Waals surface area (Å²) in [5, 5.41) is 3.99. The molecule has 1 aromatic carbocycles. The van der Waals surface area contributed by atoms with Crippen molar-refractivity contribution in [1.29, 1.82) is 0 Å². The van der Waals surface area contributed by atoms with Crippen LogP contribution in [-0.2, 0) is 9.59 Å². The summed E-state index contributed by atoms with van der Waals surface area (Å²) in [5.41, 5.74) is 4.43. The Kier molecular flexibility index (Phi) is 7.38. The maximum absolute atomic E-state index is 12.1. The van der Waals surface area contributed by atoms with Crippen molar-refractivity contribution in [1.82, 2.24) is 5.43 Å². The predicted molar refractivity (Wildman–Crippen MR) is 103 cm³/mol. The number of anilines is 1. The Morgan fingerprint density at radius 1 is 1.38 bits per heavy atom. The molecule has 2 amide bonds. The molecule has 140 valence electrons. The lowest BCUT2D eigenvalue weighted by molar-refractivity contribution is -0.125. The summed E-state index contributed by atoms with van der Waals surface area (Å²) in [6.07, 6.45) is 6.90. The van der Waals surface area contributed by atoms with E-state index in [1.807, 2.05) is 6.07 Å². The van der Waals surface area contributed by atoms with Crippen LogP contribution in [0.15, 0.2) is 41.0 Å². The molecule has 2 rings (SSSR count). The van der Waals surface area contributed by atoms with Crippen molar-refractivity contribution in [2.75, 3.05) is 18.1 Å². The predicted octanol–water partition coefficient (Wildman–Crippen LogP) is 3.29. The van der Waals surface area contributed by atoms with Crippen LogP contribution in [0.1, 0.15) is 40.0 Å². The van der Waals surface area contributed by atoms with Gasteiger partial charge in [0.2, 0.25) is 0 Å². The summed E-state index contributed by atoms with van der Waals surface area (Å²) in [4.78, 5) is 25.6. The lowest BCUT2D eigenvalue weighted by Gasteiger charge is -2.28. The van der Waals surface area contributed by atoms with Crippen LogP contribution in [0, 0.1) is 5.92 Å². The second-order valence-electron chi connectivity index (χ2n) is 6.78. The Labute approximate surface area is 154 Å². The third kappa shape index (κ3) is 6.02. The topological polar surface area (TPSA) is 71.0 Å². The highest BCUT2D eigenvalue weighted by Gasteiger charge is 2.26. The molecule has 1 aliphatic rings. The van der Waals surface area contributed by atoms with Crippen molar-refractivity contribution in [3.05, 3.63) is 35.9 Å². The number of allylic oxidation sites excluding steroid dienone is 2. The largest absolute Gasteiger partial charge is 0.482 e. The van der Waals surface area contributed by atoms with E-state index in [9.17, 15) is 9.59 Å². The quantitative estimate of drug-likeness (QED) is 0.441. The fourth-order valence-corrected chi connectivity index (χ4v) is 2.63. The van der Waals surface area contributed by atoms with Crippen LogP contribution in [0.3, 0.4) is 0 Å². The fraction of sp³-hybridized carbons (Fsp3) is 0.450. The minimum atomic E-state index is -0.330. The van der Waals surface area contributed by atoms with Gasteiger partial charge >= 0.3 is 0 Å². The monoisotopic (exact) mass is 357 g/mol. The number of ether oxygens (including phenoxy) is 1. The Hall–Kier alpha value is -2.63. The summed E-state index contributed by atoms with van der Waals surface area (Å²) >= 11 is 0. The van der Waals surface area contributed by atoms with E-state index >= 15 is 0 Å². The van der Waals surface area contributed by atoms with E-state index in [1.165, 1.54) is 10.5 Å². The zero-order valence-corrected chi connectivity index (χ0v) is 15.7. The van der Waals surface area contributed by atoms with Gasteiger partial charge in [0.25, 0.3) is 11.8 Å². The van der Waals surface area contributed by atoms with Gasteiger partial charge in [-0.2, -0.15) is 5.10 Å². The number of rotatable bonds is 8. The third-order valence-corrected chi connectivity index (χ3v) is 4.11. The van der Waals surface area contributed by atoms with Crippen LogP contribution < -0.4 is 15.1 Å². The fourth-order valence-electron chi connectivity index (χ4n) is 2.63. The van der Waals surface area contributed by atoms with Gasteiger partial charge in [0.1, 0.15) is 12.3 Å². The minimum absolute atomic E-state index is 0.0588. The van der Waals surface area contributed by atoms with Crippen LogP contribution in [-0.4, -0.2) is 31.2 Å². The summed E-state index contributed by atoms with van der Waals surface area (Å²) < 4.78 is 5.36. The first kappa shape index (κ1) is 19.7. The van der Waals surface area contributed by atoms with Crippen LogP contribution in [0.25, 0.3) is 0 Å². The SMILES string of the molecule is CC(C)=CCC[C@H](C)C/C=N\NC(=O)CN1C(=O)COc2ccccc21. The molecule has 1 N–H and O–H groups in total. The number of nitrogens with zero attached hydrogens (tertiary/aromatic N) is 2. The molecule has 0 aromatic heterocycles. The van der Waals surface area contributed by atoms with E-state index in [1.54, 1.807) is 24.4 Å². The molecule has 1 aliphatic heterocycles. The Morgan fingerprint density at radius 2 is 2.15 bits per heavy atom. The van der Waals surface area contributed by atoms with Gasteiger partial charge in [-0.1, -0.05) is 30.7 Å². The number of carbonyl (C=O) groups is 2. The van der Waals surface area contributed by atoms with Crippen LogP contribution in [0.5, 0.6) is 5.75 Å². The van der Waals surface area contributed by atoms with Gasteiger partial charge in [-0.15, -0.1) is 0 Å². The summed E-state index contributed by atoms with van der Waals surface area (Å²) in [6.45, 7) is 6.22. The highest BCUT2D eigenvalue weighted by atomic mass is 16.5. The maximum atomic E-state index is 12.1. The number of hydrogen-bond acceptors (Lipinski definition) is 4. The lowest BCUT2D eigenvalue weighted by atomic mass is 10.0. The Morgan fingerprint density at radius 3 is 2.92 bits per heavy atom. The molecule has 0 radical (unpaired) electrons. The number of carbonyl (C=O) groups excluding carboxylic acids is 2. The van der Waals surface area contributed by atoms with Crippen molar-refractivity contribution in [3.8, 4) is 5.75 Å². The average Bonchev–Trinajstić information content (AvgIpc) is 2.61. The molecule has 0 spiro atoms. The summed E-state index contributed by atoms with van der Waals surface area (Å²) in [5.74, 6) is 0.534. The first-order valence-electron chi connectivity index (χ1n) is 8.93. The van der Waals surface area contributed by atoms with Gasteiger partial charge in [-0.25, -0.2) is 5.43 Å². The number of hydrazone groups is 1. The first-order chi connectivity index (χ1) is 12.5.